The number of benzene rings is 3. The lowest BCUT2D eigenvalue weighted by Crippen LogP contribution is -2.22. The van der Waals surface area contributed by atoms with Gasteiger partial charge in [-0.15, -0.1) is 0 Å². The second-order valence-electron chi connectivity index (χ2n) is 8.19. The zero-order chi connectivity index (χ0) is 23.8. The molecule has 170 valence electrons. The van der Waals surface area contributed by atoms with Crippen LogP contribution in [0.4, 0.5) is 5.95 Å². The van der Waals surface area contributed by atoms with Gasteiger partial charge in [0.05, 0.1) is 11.4 Å². The number of anilines is 1. The van der Waals surface area contributed by atoms with Crippen LogP contribution in [0.15, 0.2) is 83.7 Å². The number of nitrogens with zero attached hydrogens (tertiary/aromatic N) is 5. The van der Waals surface area contributed by atoms with E-state index in [-0.39, 0.29) is 5.56 Å². The van der Waals surface area contributed by atoms with Crippen molar-refractivity contribution in [3.05, 3.63) is 99.8 Å². The van der Waals surface area contributed by atoms with Gasteiger partial charge in [-0.1, -0.05) is 59.6 Å². The van der Waals surface area contributed by atoms with Gasteiger partial charge < -0.3 is 4.90 Å². The Morgan fingerprint density at radius 2 is 1.50 bits per heavy atom. The van der Waals surface area contributed by atoms with Gasteiger partial charge in [0.25, 0.3) is 5.56 Å². The Hall–Kier alpha value is -3.90. The van der Waals surface area contributed by atoms with Gasteiger partial charge >= 0.3 is 0 Å². The summed E-state index contributed by atoms with van der Waals surface area (Å²) in [6.45, 7) is 4.81. The van der Waals surface area contributed by atoms with Crippen LogP contribution in [0.5, 0.6) is 0 Å². The molecule has 0 saturated heterocycles. The van der Waals surface area contributed by atoms with Crippen LogP contribution >= 0.6 is 11.6 Å². The Balaban J connectivity index is 1.91. The predicted octanol–water partition coefficient (Wildman–Crippen LogP) is 5.66. The Morgan fingerprint density at radius 3 is 2.15 bits per heavy atom. The van der Waals surface area contributed by atoms with E-state index >= 15 is 0 Å². The maximum absolute atomic E-state index is 14.0. The third kappa shape index (κ3) is 3.76. The number of aromatic nitrogens is 4. The Morgan fingerprint density at radius 1 is 0.853 bits per heavy atom. The fourth-order valence-corrected chi connectivity index (χ4v) is 4.06. The summed E-state index contributed by atoms with van der Waals surface area (Å²) in [4.78, 5) is 25.8. The highest BCUT2D eigenvalue weighted by atomic mass is 35.5. The van der Waals surface area contributed by atoms with Crippen molar-refractivity contribution < 1.29 is 0 Å². The minimum absolute atomic E-state index is 0.233. The molecule has 0 amide bonds. The molecule has 5 aromatic rings. The maximum Gasteiger partial charge on any atom is 0.286 e. The Labute approximate surface area is 202 Å². The van der Waals surface area contributed by atoms with Crippen molar-refractivity contribution in [1.29, 1.82) is 0 Å². The third-order valence-corrected chi connectivity index (χ3v) is 6.14. The van der Waals surface area contributed by atoms with Gasteiger partial charge in [-0.2, -0.15) is 0 Å². The molecule has 0 N–H and O–H groups in total. The van der Waals surface area contributed by atoms with Crippen molar-refractivity contribution in [2.24, 2.45) is 0 Å². The smallest absolute Gasteiger partial charge is 0.286 e. The Kier molecular flexibility index (Phi) is 5.67. The summed E-state index contributed by atoms with van der Waals surface area (Å²) < 4.78 is 3.56. The van der Waals surface area contributed by atoms with Gasteiger partial charge in [-0.3, -0.25) is 13.9 Å². The molecule has 34 heavy (non-hydrogen) atoms. The van der Waals surface area contributed by atoms with E-state index in [9.17, 15) is 4.79 Å². The summed E-state index contributed by atoms with van der Waals surface area (Å²) >= 11 is 6.13. The highest BCUT2D eigenvalue weighted by Gasteiger charge is 2.23. The summed E-state index contributed by atoms with van der Waals surface area (Å²) in [6.07, 6.45) is 0. The lowest BCUT2D eigenvalue weighted by atomic mass is 10.1. The van der Waals surface area contributed by atoms with Gasteiger partial charge in [0, 0.05) is 24.2 Å². The van der Waals surface area contributed by atoms with E-state index in [1.807, 2.05) is 97.1 Å². The molecule has 2 aromatic heterocycles. The van der Waals surface area contributed by atoms with Crippen molar-refractivity contribution >= 4 is 28.7 Å². The van der Waals surface area contributed by atoms with Gasteiger partial charge in [-0.05, 0) is 50.2 Å². The van der Waals surface area contributed by atoms with Gasteiger partial charge in [-0.25, -0.2) is 9.97 Å². The molecule has 0 atom stereocenters. The standard InChI is InChI=1S/C27H24ClN5O/c1-4-31(3)27-29-23-25(33(27)21-8-6-5-7-9-21)30-24(19-12-10-18(2)11-13-19)32(26(23)34)22-16-14-20(28)15-17-22/h5-17H,4H2,1-3H3. The topological polar surface area (TPSA) is 56.0 Å². The van der Waals surface area contributed by atoms with Gasteiger partial charge in [0.15, 0.2) is 11.2 Å². The molecule has 0 saturated carbocycles. The normalized spacial score (nSPS) is 11.2. The summed E-state index contributed by atoms with van der Waals surface area (Å²) in [7, 11) is 1.96. The number of hydrogen-bond donors (Lipinski definition) is 0. The highest BCUT2D eigenvalue weighted by molar-refractivity contribution is 6.30. The van der Waals surface area contributed by atoms with Crippen LogP contribution in [0.25, 0.3) is 33.9 Å². The molecule has 0 bridgehead atoms. The molecule has 0 aliphatic heterocycles. The zero-order valence-corrected chi connectivity index (χ0v) is 20.0. The molecule has 0 radical (unpaired) electrons. The minimum atomic E-state index is -0.233. The van der Waals surface area contributed by atoms with E-state index in [0.29, 0.717) is 33.6 Å². The fourth-order valence-electron chi connectivity index (χ4n) is 3.94. The van der Waals surface area contributed by atoms with Crippen molar-refractivity contribution in [2.75, 3.05) is 18.5 Å². The highest BCUT2D eigenvalue weighted by Crippen LogP contribution is 2.28. The number of hydrogen-bond acceptors (Lipinski definition) is 4. The molecule has 0 spiro atoms. The average molecular weight is 470 g/mol. The van der Waals surface area contributed by atoms with E-state index < -0.39 is 0 Å². The summed E-state index contributed by atoms with van der Waals surface area (Å²) in [5.41, 5.74) is 4.14. The monoisotopic (exact) mass is 469 g/mol. The van der Waals surface area contributed by atoms with E-state index in [1.54, 1.807) is 16.7 Å². The quantitative estimate of drug-likeness (QED) is 0.333. The summed E-state index contributed by atoms with van der Waals surface area (Å²) in [5.74, 6) is 1.21. The largest absolute Gasteiger partial charge is 0.345 e. The van der Waals surface area contributed by atoms with Crippen LogP contribution in [-0.4, -0.2) is 32.7 Å². The number of halogens is 1. The minimum Gasteiger partial charge on any atom is -0.345 e. The van der Waals surface area contributed by atoms with Gasteiger partial charge in [0.1, 0.15) is 5.82 Å². The molecule has 0 fully saturated rings. The number of aryl methyl sites for hydroxylation is 1. The van der Waals surface area contributed by atoms with Crippen LogP contribution in [-0.2, 0) is 0 Å². The molecule has 2 heterocycles. The SMILES string of the molecule is CCN(C)c1nc2c(=O)n(-c3ccc(Cl)cc3)c(-c3ccc(C)cc3)nc2n1-c1ccccc1. The van der Waals surface area contributed by atoms with Crippen molar-refractivity contribution in [3.8, 4) is 22.8 Å². The van der Waals surface area contributed by atoms with E-state index in [2.05, 4.69) is 0 Å². The first-order valence-corrected chi connectivity index (χ1v) is 11.5. The van der Waals surface area contributed by atoms with Crippen molar-refractivity contribution in [2.45, 2.75) is 13.8 Å². The van der Waals surface area contributed by atoms with Crippen LogP contribution in [0, 0.1) is 6.92 Å². The lowest BCUT2D eigenvalue weighted by molar-refractivity contribution is 0.883. The van der Waals surface area contributed by atoms with Crippen LogP contribution in [0.3, 0.4) is 0 Å². The van der Waals surface area contributed by atoms with Crippen molar-refractivity contribution in [3.63, 3.8) is 0 Å². The molecule has 6 nitrogen and oxygen atoms in total. The molecular weight excluding hydrogens is 446 g/mol. The molecule has 3 aromatic carbocycles. The van der Waals surface area contributed by atoms with E-state index in [1.165, 1.54) is 0 Å². The zero-order valence-electron chi connectivity index (χ0n) is 19.2. The number of para-hydroxylation sites is 1. The second kappa shape index (κ2) is 8.80. The van der Waals surface area contributed by atoms with E-state index in [0.717, 1.165) is 23.4 Å². The molecule has 7 heteroatoms. The van der Waals surface area contributed by atoms with Crippen molar-refractivity contribution in [1.82, 2.24) is 19.1 Å². The first-order valence-electron chi connectivity index (χ1n) is 11.1. The maximum atomic E-state index is 14.0. The first-order chi connectivity index (χ1) is 16.5. The van der Waals surface area contributed by atoms with Crippen LogP contribution < -0.4 is 10.5 Å². The molecule has 0 aliphatic carbocycles. The number of imidazole rings is 1. The van der Waals surface area contributed by atoms with Crippen LogP contribution in [0.1, 0.15) is 12.5 Å². The second-order valence-corrected chi connectivity index (χ2v) is 8.62. The van der Waals surface area contributed by atoms with E-state index in [4.69, 9.17) is 21.6 Å². The number of rotatable bonds is 5. The molecule has 5 rings (SSSR count). The third-order valence-electron chi connectivity index (χ3n) is 5.89. The summed E-state index contributed by atoms with van der Waals surface area (Å²) in [6, 6.07) is 25.1. The van der Waals surface area contributed by atoms with Crippen LogP contribution in [0.2, 0.25) is 5.02 Å². The molecule has 0 aliphatic rings. The lowest BCUT2D eigenvalue weighted by Gasteiger charge is -2.18. The molecule has 0 unspecified atom stereocenters. The molecular formula is C27H24ClN5O. The summed E-state index contributed by atoms with van der Waals surface area (Å²) in [5, 5.41) is 0.600. The fraction of sp³-hybridized carbons (Fsp3) is 0.148. The predicted molar refractivity (Wildman–Crippen MR) is 139 cm³/mol. The average Bonchev–Trinajstić information content (AvgIpc) is 3.25. The number of fused-ring (bicyclic) bond motifs is 1. The Bertz CT molecular complexity index is 1520. The first kappa shape index (κ1) is 21.9. The van der Waals surface area contributed by atoms with Gasteiger partial charge in [0.2, 0.25) is 5.95 Å².